The molecule has 0 amide bonds. The van der Waals surface area contributed by atoms with E-state index in [1.807, 2.05) is 0 Å². The molecule has 2 aromatic carbocycles. The van der Waals surface area contributed by atoms with Gasteiger partial charge in [0, 0.05) is 4.47 Å². The van der Waals surface area contributed by atoms with Crippen molar-refractivity contribution < 1.29 is 14.3 Å². The summed E-state index contributed by atoms with van der Waals surface area (Å²) in [5.41, 5.74) is 1.22. The number of H-pyrrole nitrogens is 1. The predicted octanol–water partition coefficient (Wildman–Crippen LogP) is 3.83. The molecule has 4 nitrogen and oxygen atoms in total. The zero-order chi connectivity index (χ0) is 14.3. The molecule has 0 aliphatic rings. The zero-order valence-electron chi connectivity index (χ0n) is 10.0. The van der Waals surface area contributed by atoms with Crippen molar-refractivity contribution in [2.45, 2.75) is 0 Å². The molecular formula is C14H8BrFN2O2. The minimum atomic E-state index is -1.07. The molecule has 0 unspecified atom stereocenters. The van der Waals surface area contributed by atoms with Crippen LogP contribution in [0.4, 0.5) is 4.39 Å². The van der Waals surface area contributed by atoms with Crippen LogP contribution in [0, 0.1) is 5.82 Å². The van der Waals surface area contributed by atoms with Gasteiger partial charge in [0.25, 0.3) is 0 Å². The van der Waals surface area contributed by atoms with E-state index < -0.39 is 11.8 Å². The van der Waals surface area contributed by atoms with E-state index in [2.05, 4.69) is 25.9 Å². The Kier molecular flexibility index (Phi) is 3.02. The summed E-state index contributed by atoms with van der Waals surface area (Å²) >= 11 is 3.27. The standard InChI is InChI=1S/C14H8BrFN2O2/c15-8-4-2-5-9(16)11(8)13-17-10-6-1-3-7(14(19)20)12(10)18-13/h1-6H,(H,17,18)(H,19,20). The van der Waals surface area contributed by atoms with Crippen molar-refractivity contribution in [1.29, 1.82) is 0 Å². The number of halogens is 2. The molecule has 0 spiro atoms. The van der Waals surface area contributed by atoms with Crippen molar-refractivity contribution in [3.05, 3.63) is 52.3 Å². The van der Waals surface area contributed by atoms with Crippen LogP contribution >= 0.6 is 15.9 Å². The molecular weight excluding hydrogens is 327 g/mol. The fraction of sp³-hybridized carbons (Fsp3) is 0. The molecule has 1 aromatic heterocycles. The third-order valence-electron chi connectivity index (χ3n) is 2.94. The van der Waals surface area contributed by atoms with Crippen LogP contribution in [-0.4, -0.2) is 21.0 Å². The van der Waals surface area contributed by atoms with Crippen molar-refractivity contribution in [2.75, 3.05) is 0 Å². The molecule has 0 saturated heterocycles. The number of nitrogens with zero attached hydrogens (tertiary/aromatic N) is 1. The first-order valence-electron chi connectivity index (χ1n) is 5.74. The summed E-state index contributed by atoms with van der Waals surface area (Å²) in [5, 5.41) is 9.13. The monoisotopic (exact) mass is 334 g/mol. The Bertz CT molecular complexity index is 809. The highest BCUT2D eigenvalue weighted by Gasteiger charge is 2.16. The number of nitrogens with one attached hydrogen (secondary N) is 1. The summed E-state index contributed by atoms with van der Waals surface area (Å²) in [6.07, 6.45) is 0. The summed E-state index contributed by atoms with van der Waals surface area (Å²) in [7, 11) is 0. The Morgan fingerprint density at radius 3 is 2.70 bits per heavy atom. The fourth-order valence-corrected chi connectivity index (χ4v) is 2.58. The third kappa shape index (κ3) is 1.98. The number of para-hydroxylation sites is 1. The lowest BCUT2D eigenvalue weighted by atomic mass is 10.2. The van der Waals surface area contributed by atoms with Crippen LogP contribution in [0.3, 0.4) is 0 Å². The number of benzene rings is 2. The lowest BCUT2D eigenvalue weighted by molar-refractivity contribution is 0.0699. The molecule has 20 heavy (non-hydrogen) atoms. The summed E-state index contributed by atoms with van der Waals surface area (Å²) in [6.45, 7) is 0. The average Bonchev–Trinajstić information content (AvgIpc) is 2.81. The maximum atomic E-state index is 13.9. The molecule has 0 saturated carbocycles. The molecule has 6 heteroatoms. The molecule has 2 N–H and O–H groups in total. The molecule has 100 valence electrons. The van der Waals surface area contributed by atoms with E-state index in [1.54, 1.807) is 24.3 Å². The van der Waals surface area contributed by atoms with Crippen molar-refractivity contribution in [3.63, 3.8) is 0 Å². The van der Waals surface area contributed by atoms with E-state index in [9.17, 15) is 9.18 Å². The van der Waals surface area contributed by atoms with E-state index in [0.717, 1.165) is 0 Å². The lowest BCUT2D eigenvalue weighted by Crippen LogP contribution is -1.96. The number of carbonyl (C=O) groups is 1. The Morgan fingerprint density at radius 2 is 2.00 bits per heavy atom. The summed E-state index contributed by atoms with van der Waals surface area (Å²) in [4.78, 5) is 18.3. The fourth-order valence-electron chi connectivity index (χ4n) is 2.05. The van der Waals surface area contributed by atoms with Crippen LogP contribution < -0.4 is 0 Å². The van der Waals surface area contributed by atoms with E-state index in [1.165, 1.54) is 12.1 Å². The topological polar surface area (TPSA) is 66.0 Å². The van der Waals surface area contributed by atoms with Crippen LogP contribution in [0.5, 0.6) is 0 Å². The van der Waals surface area contributed by atoms with E-state index in [-0.39, 0.29) is 11.1 Å². The van der Waals surface area contributed by atoms with Crippen LogP contribution in [0.25, 0.3) is 22.4 Å². The lowest BCUT2D eigenvalue weighted by Gasteiger charge is -2.01. The first-order valence-corrected chi connectivity index (χ1v) is 6.53. The average molecular weight is 335 g/mol. The molecule has 3 rings (SSSR count). The summed E-state index contributed by atoms with van der Waals surface area (Å²) < 4.78 is 14.5. The molecule has 1 heterocycles. The van der Waals surface area contributed by atoms with E-state index in [4.69, 9.17) is 5.11 Å². The molecule has 0 aliphatic carbocycles. The van der Waals surface area contributed by atoms with Gasteiger partial charge in [0.15, 0.2) is 0 Å². The summed E-state index contributed by atoms with van der Waals surface area (Å²) in [6, 6.07) is 9.38. The number of rotatable bonds is 2. The Balaban J connectivity index is 2.29. The zero-order valence-corrected chi connectivity index (χ0v) is 11.6. The quantitative estimate of drug-likeness (QED) is 0.748. The second kappa shape index (κ2) is 4.72. The molecule has 0 bridgehead atoms. The van der Waals surface area contributed by atoms with Gasteiger partial charge in [-0.2, -0.15) is 0 Å². The highest BCUT2D eigenvalue weighted by molar-refractivity contribution is 9.10. The maximum Gasteiger partial charge on any atom is 0.337 e. The highest BCUT2D eigenvalue weighted by Crippen LogP contribution is 2.30. The van der Waals surface area contributed by atoms with Gasteiger partial charge in [-0.3, -0.25) is 0 Å². The van der Waals surface area contributed by atoms with Crippen LogP contribution in [0.15, 0.2) is 40.9 Å². The normalized spacial score (nSPS) is 10.9. The van der Waals surface area contributed by atoms with Gasteiger partial charge in [-0.15, -0.1) is 0 Å². The maximum absolute atomic E-state index is 13.9. The minimum absolute atomic E-state index is 0.0810. The molecule has 0 fully saturated rings. The van der Waals surface area contributed by atoms with Crippen LogP contribution in [-0.2, 0) is 0 Å². The minimum Gasteiger partial charge on any atom is -0.478 e. The second-order valence-electron chi connectivity index (χ2n) is 4.19. The van der Waals surface area contributed by atoms with Crippen molar-refractivity contribution >= 4 is 32.9 Å². The smallest absolute Gasteiger partial charge is 0.337 e. The van der Waals surface area contributed by atoms with Crippen LogP contribution in [0.2, 0.25) is 0 Å². The number of imidazole rings is 1. The summed E-state index contributed by atoms with van der Waals surface area (Å²) in [5.74, 6) is -1.21. The van der Waals surface area contributed by atoms with Gasteiger partial charge in [-0.05, 0) is 40.2 Å². The third-order valence-corrected chi connectivity index (χ3v) is 3.60. The highest BCUT2D eigenvalue weighted by atomic mass is 79.9. The van der Waals surface area contributed by atoms with Gasteiger partial charge in [0.05, 0.1) is 16.6 Å². The predicted molar refractivity (Wildman–Crippen MR) is 76.1 cm³/mol. The van der Waals surface area contributed by atoms with Gasteiger partial charge in [-0.1, -0.05) is 12.1 Å². The van der Waals surface area contributed by atoms with E-state index in [0.29, 0.717) is 21.3 Å². The van der Waals surface area contributed by atoms with Crippen LogP contribution in [0.1, 0.15) is 10.4 Å². The number of carboxylic acid groups (broad SMARTS) is 1. The first kappa shape index (κ1) is 12.8. The van der Waals surface area contributed by atoms with Gasteiger partial charge in [0.2, 0.25) is 0 Å². The van der Waals surface area contributed by atoms with Gasteiger partial charge in [0.1, 0.15) is 17.2 Å². The molecule has 0 atom stereocenters. The number of carboxylic acids is 1. The van der Waals surface area contributed by atoms with Gasteiger partial charge < -0.3 is 10.1 Å². The molecule has 0 aliphatic heterocycles. The Hall–Kier alpha value is -2.21. The second-order valence-corrected chi connectivity index (χ2v) is 5.04. The Labute approximate surface area is 121 Å². The molecule has 3 aromatic rings. The van der Waals surface area contributed by atoms with Gasteiger partial charge >= 0.3 is 5.97 Å². The van der Waals surface area contributed by atoms with Crippen molar-refractivity contribution in [2.24, 2.45) is 0 Å². The van der Waals surface area contributed by atoms with Gasteiger partial charge in [-0.25, -0.2) is 14.2 Å². The number of hydrogen-bond donors (Lipinski definition) is 2. The largest absolute Gasteiger partial charge is 0.478 e. The van der Waals surface area contributed by atoms with Crippen molar-refractivity contribution in [3.8, 4) is 11.4 Å². The number of hydrogen-bond acceptors (Lipinski definition) is 2. The van der Waals surface area contributed by atoms with Crippen molar-refractivity contribution in [1.82, 2.24) is 9.97 Å². The number of aromatic nitrogens is 2. The SMILES string of the molecule is O=C(O)c1cccc2[nH]c(-c3c(F)cccc3Br)nc12. The number of aromatic amines is 1. The molecule has 0 radical (unpaired) electrons. The number of aromatic carboxylic acids is 1. The number of fused-ring (bicyclic) bond motifs is 1. The Morgan fingerprint density at radius 1 is 1.25 bits per heavy atom. The first-order chi connectivity index (χ1) is 9.58. The van der Waals surface area contributed by atoms with E-state index >= 15 is 0 Å².